The molecule has 0 radical (unpaired) electrons. The predicted octanol–water partition coefficient (Wildman–Crippen LogP) is -0.793. The molecule has 1 aliphatic rings. The van der Waals surface area contributed by atoms with E-state index in [2.05, 4.69) is 10.6 Å². The first-order valence-corrected chi connectivity index (χ1v) is 10.7. The van der Waals surface area contributed by atoms with Crippen molar-refractivity contribution < 1.29 is 27.6 Å². The van der Waals surface area contributed by atoms with E-state index in [1.54, 1.807) is 32.9 Å². The third kappa shape index (κ3) is 5.43. The second-order valence-electron chi connectivity index (χ2n) is 7.08. The lowest BCUT2D eigenvalue weighted by atomic mass is 10.2. The van der Waals surface area contributed by atoms with Gasteiger partial charge >= 0.3 is 6.03 Å². The lowest BCUT2D eigenvalue weighted by Gasteiger charge is -2.34. The minimum absolute atomic E-state index is 0.0674. The van der Waals surface area contributed by atoms with Crippen LogP contribution in [0.4, 0.5) is 4.79 Å². The van der Waals surface area contributed by atoms with Gasteiger partial charge in [-0.25, -0.2) is 13.2 Å². The average molecular weight is 414 g/mol. The smallest absolute Gasteiger partial charge is 0.321 e. The van der Waals surface area contributed by atoms with Crippen LogP contribution in [0.15, 0.2) is 29.2 Å². The Balaban J connectivity index is 1.93. The number of ether oxygens (including phenoxy) is 1. The molecule has 28 heavy (non-hydrogen) atoms. The number of hydrogen-bond acceptors (Lipinski definition) is 5. The summed E-state index contributed by atoms with van der Waals surface area (Å²) in [6.07, 6.45) is 0. The van der Waals surface area contributed by atoms with Crippen molar-refractivity contribution in [3.8, 4) is 5.75 Å². The van der Waals surface area contributed by atoms with Crippen LogP contribution < -0.4 is 20.3 Å². The summed E-state index contributed by atoms with van der Waals surface area (Å²) < 4.78 is 32.1. The number of rotatable bonds is 6. The van der Waals surface area contributed by atoms with E-state index < -0.39 is 22.1 Å². The van der Waals surface area contributed by atoms with Crippen molar-refractivity contribution >= 4 is 22.0 Å². The van der Waals surface area contributed by atoms with E-state index in [1.165, 1.54) is 23.5 Å². The molecule has 1 atom stereocenters. The summed E-state index contributed by atoms with van der Waals surface area (Å²) in [5, 5.41) is 4.94. The van der Waals surface area contributed by atoms with Crippen LogP contribution in [0.5, 0.6) is 5.75 Å². The molecule has 0 aromatic heterocycles. The van der Waals surface area contributed by atoms with Gasteiger partial charge in [0.1, 0.15) is 5.75 Å². The molecular formula is C18H29N4O5S+. The fraction of sp³-hybridized carbons (Fsp3) is 0.556. The van der Waals surface area contributed by atoms with Crippen molar-refractivity contribution in [3.63, 3.8) is 0 Å². The van der Waals surface area contributed by atoms with Gasteiger partial charge in [-0.1, -0.05) is 0 Å². The number of quaternary nitrogens is 1. The van der Waals surface area contributed by atoms with Crippen molar-refractivity contribution in [3.05, 3.63) is 24.3 Å². The Labute approximate surface area is 166 Å². The van der Waals surface area contributed by atoms with Crippen molar-refractivity contribution in [1.82, 2.24) is 14.9 Å². The lowest BCUT2D eigenvalue weighted by Crippen LogP contribution is -3.19. The molecule has 3 N–H and O–H groups in total. The van der Waals surface area contributed by atoms with Gasteiger partial charge in [-0.05, 0) is 45.0 Å². The number of urea groups is 1. The summed E-state index contributed by atoms with van der Waals surface area (Å²) in [5.74, 6) is 0.217. The zero-order valence-corrected chi connectivity index (χ0v) is 17.5. The van der Waals surface area contributed by atoms with Crippen LogP contribution in [-0.2, 0) is 14.8 Å². The quantitative estimate of drug-likeness (QED) is 0.566. The van der Waals surface area contributed by atoms with Crippen LogP contribution in [-0.4, -0.2) is 70.0 Å². The van der Waals surface area contributed by atoms with E-state index in [0.29, 0.717) is 31.9 Å². The predicted molar refractivity (Wildman–Crippen MR) is 104 cm³/mol. The van der Waals surface area contributed by atoms with E-state index in [4.69, 9.17) is 4.74 Å². The molecule has 10 heteroatoms. The molecule has 3 amide bonds. The number of piperazine rings is 1. The van der Waals surface area contributed by atoms with Gasteiger partial charge in [-0.3, -0.25) is 10.1 Å². The van der Waals surface area contributed by atoms with Gasteiger partial charge in [0.25, 0.3) is 5.91 Å². The Morgan fingerprint density at radius 1 is 1.11 bits per heavy atom. The molecule has 1 aliphatic heterocycles. The maximum absolute atomic E-state index is 12.8. The van der Waals surface area contributed by atoms with Gasteiger partial charge in [0.05, 0.1) is 38.2 Å². The number of imide groups is 1. The first-order chi connectivity index (χ1) is 13.1. The Kier molecular flexibility index (Phi) is 7.39. The molecule has 9 nitrogen and oxygen atoms in total. The molecule has 1 aromatic rings. The van der Waals surface area contributed by atoms with Crippen molar-refractivity contribution in [2.45, 2.75) is 37.8 Å². The number of nitrogens with one attached hydrogen (secondary N) is 3. The molecule has 0 spiro atoms. The van der Waals surface area contributed by atoms with Gasteiger partial charge in [-0.2, -0.15) is 4.31 Å². The number of carbonyl (C=O) groups is 2. The van der Waals surface area contributed by atoms with Gasteiger partial charge in [0.15, 0.2) is 6.04 Å². The highest BCUT2D eigenvalue weighted by Crippen LogP contribution is 2.19. The maximum Gasteiger partial charge on any atom is 0.321 e. The highest BCUT2D eigenvalue weighted by atomic mass is 32.2. The summed E-state index contributed by atoms with van der Waals surface area (Å²) in [4.78, 5) is 25.1. The molecule has 0 saturated carbocycles. The molecule has 1 aromatic carbocycles. The lowest BCUT2D eigenvalue weighted by molar-refractivity contribution is -0.917. The molecule has 1 fully saturated rings. The summed E-state index contributed by atoms with van der Waals surface area (Å²) in [6, 6.07) is 5.23. The molecule has 156 valence electrons. The minimum atomic E-state index is -3.59. The maximum atomic E-state index is 12.8. The molecule has 0 aliphatic carbocycles. The van der Waals surface area contributed by atoms with Crippen LogP contribution >= 0.6 is 0 Å². The topological polar surface area (TPSA) is 109 Å². The van der Waals surface area contributed by atoms with Gasteiger partial charge in [0, 0.05) is 6.04 Å². The molecule has 2 rings (SSSR count). The molecule has 1 saturated heterocycles. The summed E-state index contributed by atoms with van der Waals surface area (Å²) >= 11 is 0. The van der Waals surface area contributed by atoms with Crippen LogP contribution in [0.3, 0.4) is 0 Å². The first-order valence-electron chi connectivity index (χ1n) is 9.25. The normalized spacial score (nSPS) is 17.2. The zero-order chi connectivity index (χ0) is 20.9. The molecule has 0 unspecified atom stereocenters. The highest BCUT2D eigenvalue weighted by Gasteiger charge is 2.34. The van der Waals surface area contributed by atoms with Crippen molar-refractivity contribution in [2.24, 2.45) is 0 Å². The van der Waals surface area contributed by atoms with Gasteiger partial charge in [0.2, 0.25) is 10.0 Å². The standard InChI is InChI=1S/C18H28N4O5S/c1-13(2)19-18(24)20-17(23)14(3)21-9-11-22(12-10-21)28(25,26)16-7-5-15(27-4)6-8-16/h5-8,13-14H,9-12H2,1-4H3,(H2,19,20,23,24)/p+1/t14-/m0/s1. The number of amides is 3. The second-order valence-corrected chi connectivity index (χ2v) is 9.01. The number of hydrogen-bond donors (Lipinski definition) is 3. The van der Waals surface area contributed by atoms with E-state index in [1.807, 2.05) is 0 Å². The van der Waals surface area contributed by atoms with E-state index in [-0.39, 0.29) is 16.8 Å². The Morgan fingerprint density at radius 3 is 2.18 bits per heavy atom. The van der Waals surface area contributed by atoms with E-state index in [9.17, 15) is 18.0 Å². The Morgan fingerprint density at radius 2 is 1.68 bits per heavy atom. The van der Waals surface area contributed by atoms with Crippen LogP contribution in [0.2, 0.25) is 0 Å². The Bertz CT molecular complexity index is 787. The van der Waals surface area contributed by atoms with Crippen LogP contribution in [0.1, 0.15) is 20.8 Å². The third-order valence-electron chi connectivity index (χ3n) is 4.72. The monoisotopic (exact) mass is 413 g/mol. The van der Waals surface area contributed by atoms with Crippen LogP contribution in [0.25, 0.3) is 0 Å². The number of sulfonamides is 1. The van der Waals surface area contributed by atoms with E-state index >= 15 is 0 Å². The number of carbonyl (C=O) groups excluding carboxylic acids is 2. The highest BCUT2D eigenvalue weighted by molar-refractivity contribution is 7.89. The SMILES string of the molecule is COc1ccc(S(=O)(=O)N2CC[NH+]([C@@H](C)C(=O)NC(=O)NC(C)C)CC2)cc1. The summed E-state index contributed by atoms with van der Waals surface area (Å²) in [6.45, 7) is 6.92. The Hall–Kier alpha value is -2.17. The van der Waals surface area contributed by atoms with Crippen LogP contribution in [0, 0.1) is 0 Å². The summed E-state index contributed by atoms with van der Waals surface area (Å²) in [7, 11) is -2.07. The van der Waals surface area contributed by atoms with E-state index in [0.717, 1.165) is 4.90 Å². The summed E-state index contributed by atoms with van der Waals surface area (Å²) in [5.41, 5.74) is 0. The molecule has 1 heterocycles. The molecule has 0 bridgehead atoms. The molecular weight excluding hydrogens is 384 g/mol. The van der Waals surface area contributed by atoms with Gasteiger partial charge in [-0.15, -0.1) is 0 Å². The second kappa shape index (κ2) is 9.35. The fourth-order valence-corrected chi connectivity index (χ4v) is 4.49. The zero-order valence-electron chi connectivity index (χ0n) is 16.7. The average Bonchev–Trinajstić information content (AvgIpc) is 2.66. The van der Waals surface area contributed by atoms with Gasteiger partial charge < -0.3 is 15.0 Å². The largest absolute Gasteiger partial charge is 0.497 e. The van der Waals surface area contributed by atoms with Crippen molar-refractivity contribution in [2.75, 3.05) is 33.3 Å². The van der Waals surface area contributed by atoms with Crippen molar-refractivity contribution in [1.29, 1.82) is 0 Å². The fourth-order valence-electron chi connectivity index (χ4n) is 3.05. The first kappa shape index (κ1) is 22.1. The number of methoxy groups -OCH3 is 1. The number of nitrogens with zero attached hydrogens (tertiary/aromatic N) is 1. The minimum Gasteiger partial charge on any atom is -0.497 e. The third-order valence-corrected chi connectivity index (χ3v) is 6.64. The number of benzene rings is 1.